The number of thiophene rings is 1. The van der Waals surface area contributed by atoms with Crippen LogP contribution in [0.2, 0.25) is 0 Å². The normalized spacial score (nSPS) is 23.4. The number of likely N-dealkylation sites (tertiary alicyclic amines) is 1. The van der Waals surface area contributed by atoms with Crippen LogP contribution in [0.3, 0.4) is 0 Å². The van der Waals surface area contributed by atoms with Gasteiger partial charge in [0.15, 0.2) is 0 Å². The predicted molar refractivity (Wildman–Crippen MR) is 114 cm³/mol. The predicted octanol–water partition coefficient (Wildman–Crippen LogP) is 2.66. The average molecular weight is 421 g/mol. The second-order valence-electron chi connectivity index (χ2n) is 8.32. The van der Waals surface area contributed by atoms with Crippen molar-refractivity contribution >= 4 is 29.2 Å². The van der Waals surface area contributed by atoms with Crippen LogP contribution < -0.4 is 16.0 Å². The molecule has 8 heteroatoms. The summed E-state index contributed by atoms with van der Waals surface area (Å²) in [5.74, 6) is 0.160. The van der Waals surface area contributed by atoms with Crippen LogP contribution in [-0.4, -0.2) is 54.5 Å². The molecular formula is C21H32N4O3S. The van der Waals surface area contributed by atoms with E-state index in [0.717, 1.165) is 54.9 Å². The van der Waals surface area contributed by atoms with Gasteiger partial charge in [-0.1, -0.05) is 19.8 Å². The zero-order valence-corrected chi connectivity index (χ0v) is 18.1. The fourth-order valence-electron chi connectivity index (χ4n) is 4.15. The molecule has 3 rings (SSSR count). The van der Waals surface area contributed by atoms with Gasteiger partial charge in [0.25, 0.3) is 5.91 Å². The summed E-state index contributed by atoms with van der Waals surface area (Å²) in [6.45, 7) is 5.79. The number of imide groups is 1. The lowest BCUT2D eigenvalue weighted by atomic mass is 9.86. The molecule has 4 amide bonds. The lowest BCUT2D eigenvalue weighted by Crippen LogP contribution is -2.51. The number of hydrogen-bond acceptors (Lipinski definition) is 5. The first-order chi connectivity index (χ1) is 13.9. The van der Waals surface area contributed by atoms with E-state index in [0.29, 0.717) is 5.92 Å². The molecule has 0 radical (unpaired) electrons. The van der Waals surface area contributed by atoms with Crippen LogP contribution >= 0.6 is 11.3 Å². The van der Waals surface area contributed by atoms with Crippen molar-refractivity contribution in [3.8, 4) is 0 Å². The van der Waals surface area contributed by atoms with Crippen LogP contribution in [0.5, 0.6) is 0 Å². The van der Waals surface area contributed by atoms with Crippen LogP contribution in [0, 0.1) is 12.8 Å². The van der Waals surface area contributed by atoms with Gasteiger partial charge >= 0.3 is 6.03 Å². The molecule has 2 atom stereocenters. The maximum Gasteiger partial charge on any atom is 0.321 e. The zero-order chi connectivity index (χ0) is 20.8. The van der Waals surface area contributed by atoms with Crippen LogP contribution in [0.4, 0.5) is 4.79 Å². The molecule has 0 aromatic carbocycles. The molecule has 0 spiro atoms. The number of rotatable bonds is 5. The molecule has 1 saturated heterocycles. The Bertz CT molecular complexity index is 727. The summed E-state index contributed by atoms with van der Waals surface area (Å²) in [6, 6.07) is 3.70. The number of piperidine rings is 1. The summed E-state index contributed by atoms with van der Waals surface area (Å²) < 4.78 is 0. The van der Waals surface area contributed by atoms with Gasteiger partial charge in [-0.15, -0.1) is 11.3 Å². The van der Waals surface area contributed by atoms with Crippen molar-refractivity contribution in [1.82, 2.24) is 20.9 Å². The molecular weight excluding hydrogens is 388 g/mol. The lowest BCUT2D eigenvalue weighted by molar-refractivity contribution is -0.121. The number of nitrogens with one attached hydrogen (secondary N) is 3. The van der Waals surface area contributed by atoms with E-state index in [4.69, 9.17) is 0 Å². The average Bonchev–Trinajstić information content (AvgIpc) is 3.11. The monoisotopic (exact) mass is 420 g/mol. The highest BCUT2D eigenvalue weighted by atomic mass is 32.1. The van der Waals surface area contributed by atoms with Crippen molar-refractivity contribution in [2.75, 3.05) is 19.6 Å². The Labute approximate surface area is 176 Å². The molecule has 1 aromatic rings. The van der Waals surface area contributed by atoms with E-state index in [1.54, 1.807) is 0 Å². The van der Waals surface area contributed by atoms with Crippen LogP contribution in [-0.2, 0) is 4.79 Å². The van der Waals surface area contributed by atoms with Crippen molar-refractivity contribution in [2.24, 2.45) is 5.92 Å². The van der Waals surface area contributed by atoms with Crippen molar-refractivity contribution in [2.45, 2.75) is 64.5 Å². The molecule has 1 aliphatic carbocycles. The number of hydrogen-bond donors (Lipinski definition) is 3. The highest BCUT2D eigenvalue weighted by molar-refractivity contribution is 7.13. The van der Waals surface area contributed by atoms with Gasteiger partial charge in [-0.05, 0) is 50.7 Å². The Kier molecular flexibility index (Phi) is 7.66. The summed E-state index contributed by atoms with van der Waals surface area (Å²) in [7, 11) is 0. The second kappa shape index (κ2) is 10.2. The van der Waals surface area contributed by atoms with E-state index in [1.807, 2.05) is 24.0 Å². The Morgan fingerprint density at radius 1 is 1.07 bits per heavy atom. The van der Waals surface area contributed by atoms with Gasteiger partial charge in [-0.2, -0.15) is 0 Å². The van der Waals surface area contributed by atoms with E-state index >= 15 is 0 Å². The number of amides is 4. The van der Waals surface area contributed by atoms with E-state index in [9.17, 15) is 14.4 Å². The molecule has 3 N–H and O–H groups in total. The van der Waals surface area contributed by atoms with Gasteiger partial charge in [0.05, 0.1) is 11.4 Å². The minimum Gasteiger partial charge on any atom is -0.349 e. The van der Waals surface area contributed by atoms with Gasteiger partial charge in [-0.25, -0.2) is 4.79 Å². The van der Waals surface area contributed by atoms with Crippen LogP contribution in [0.15, 0.2) is 12.1 Å². The van der Waals surface area contributed by atoms with Gasteiger partial charge in [0, 0.05) is 30.1 Å². The van der Waals surface area contributed by atoms with E-state index in [1.165, 1.54) is 17.8 Å². The molecule has 1 saturated carbocycles. The summed E-state index contributed by atoms with van der Waals surface area (Å²) in [6.07, 6.45) is 6.04. The van der Waals surface area contributed by atoms with E-state index in [2.05, 4.69) is 22.9 Å². The van der Waals surface area contributed by atoms with Crippen molar-refractivity contribution in [3.63, 3.8) is 0 Å². The largest absolute Gasteiger partial charge is 0.349 e. The molecule has 1 aliphatic heterocycles. The number of aryl methyl sites for hydroxylation is 1. The number of urea groups is 1. The molecule has 2 heterocycles. The fourth-order valence-corrected chi connectivity index (χ4v) is 4.92. The molecule has 0 bridgehead atoms. The molecule has 2 aliphatic rings. The van der Waals surface area contributed by atoms with Gasteiger partial charge < -0.3 is 10.6 Å². The topological polar surface area (TPSA) is 90.5 Å². The number of carbonyl (C=O) groups is 3. The van der Waals surface area contributed by atoms with Crippen LogP contribution in [0.25, 0.3) is 0 Å². The molecule has 7 nitrogen and oxygen atoms in total. The molecule has 160 valence electrons. The Morgan fingerprint density at radius 2 is 1.79 bits per heavy atom. The van der Waals surface area contributed by atoms with E-state index in [-0.39, 0.29) is 36.5 Å². The van der Waals surface area contributed by atoms with Gasteiger partial charge in [0.1, 0.15) is 0 Å². The zero-order valence-electron chi connectivity index (χ0n) is 17.3. The standard InChI is InChI=1S/C21H32N4O3S/c1-14-5-3-4-6-17(14)23-21(28)24-19(26)13-25-11-9-16(10-12-25)22-20(27)18-8-7-15(2)29-18/h7-8,14,16-17H,3-6,9-13H2,1-2H3,(H,22,27)(H2,23,24,26,28). The Balaban J connectivity index is 1.35. The summed E-state index contributed by atoms with van der Waals surface area (Å²) in [5, 5.41) is 8.49. The van der Waals surface area contributed by atoms with E-state index < -0.39 is 0 Å². The molecule has 2 fully saturated rings. The van der Waals surface area contributed by atoms with Crippen molar-refractivity contribution < 1.29 is 14.4 Å². The number of nitrogens with zero attached hydrogens (tertiary/aromatic N) is 1. The smallest absolute Gasteiger partial charge is 0.321 e. The first-order valence-corrected chi connectivity index (χ1v) is 11.4. The van der Waals surface area contributed by atoms with Crippen LogP contribution in [0.1, 0.15) is 60.0 Å². The van der Waals surface area contributed by atoms with Crippen molar-refractivity contribution in [3.05, 3.63) is 21.9 Å². The Hall–Kier alpha value is -1.93. The first-order valence-electron chi connectivity index (χ1n) is 10.6. The fraction of sp³-hybridized carbons (Fsp3) is 0.667. The molecule has 2 unspecified atom stereocenters. The minimum absolute atomic E-state index is 0.0205. The third kappa shape index (κ3) is 6.54. The van der Waals surface area contributed by atoms with Gasteiger partial charge in [-0.3, -0.25) is 19.8 Å². The minimum atomic E-state index is -0.387. The highest BCUT2D eigenvalue weighted by Crippen LogP contribution is 2.23. The third-order valence-corrected chi connectivity index (χ3v) is 6.93. The SMILES string of the molecule is Cc1ccc(C(=O)NC2CCN(CC(=O)NC(=O)NC3CCCCC3C)CC2)s1. The maximum atomic E-state index is 12.3. The maximum absolute atomic E-state index is 12.3. The Morgan fingerprint density at radius 3 is 2.45 bits per heavy atom. The lowest BCUT2D eigenvalue weighted by Gasteiger charge is -2.32. The van der Waals surface area contributed by atoms with Gasteiger partial charge in [0.2, 0.25) is 5.91 Å². The second-order valence-corrected chi connectivity index (χ2v) is 9.61. The molecule has 29 heavy (non-hydrogen) atoms. The van der Waals surface area contributed by atoms with Crippen molar-refractivity contribution in [1.29, 1.82) is 0 Å². The summed E-state index contributed by atoms with van der Waals surface area (Å²) in [5.41, 5.74) is 0. The summed E-state index contributed by atoms with van der Waals surface area (Å²) in [4.78, 5) is 40.5. The first kappa shape index (κ1) is 21.8. The quantitative estimate of drug-likeness (QED) is 0.683. The summed E-state index contributed by atoms with van der Waals surface area (Å²) >= 11 is 1.50. The number of carbonyl (C=O) groups excluding carboxylic acids is 3. The molecule has 1 aromatic heterocycles. The third-order valence-electron chi connectivity index (χ3n) is 5.94. The highest BCUT2D eigenvalue weighted by Gasteiger charge is 2.25.